The van der Waals surface area contributed by atoms with Gasteiger partial charge in [0.05, 0.1) is 6.26 Å². The van der Waals surface area contributed by atoms with Gasteiger partial charge in [-0.2, -0.15) is 4.98 Å². The molecule has 0 amide bonds. The van der Waals surface area contributed by atoms with Crippen molar-refractivity contribution in [2.24, 2.45) is 0 Å². The summed E-state index contributed by atoms with van der Waals surface area (Å²) in [4.78, 5) is 4.49. The molecular weight excluding hydrogens is 316 g/mol. The summed E-state index contributed by atoms with van der Waals surface area (Å²) in [5.74, 6) is 1.72. The van der Waals surface area contributed by atoms with Crippen LogP contribution < -0.4 is 10.0 Å². The van der Waals surface area contributed by atoms with Crippen LogP contribution in [0.3, 0.4) is 0 Å². The summed E-state index contributed by atoms with van der Waals surface area (Å²) in [6.45, 7) is 1.97. The van der Waals surface area contributed by atoms with Gasteiger partial charge in [0, 0.05) is 18.0 Å². The molecule has 1 saturated heterocycles. The lowest BCUT2D eigenvalue weighted by Crippen LogP contribution is -2.26. The smallest absolute Gasteiger partial charge is 0.229 e. The number of piperidine rings is 1. The molecule has 2 N–H and O–H groups in total. The van der Waals surface area contributed by atoms with Gasteiger partial charge in [-0.3, -0.25) is 4.72 Å². The first-order valence-electron chi connectivity index (χ1n) is 7.59. The quantitative estimate of drug-likeness (QED) is 0.859. The molecule has 1 aromatic heterocycles. The molecule has 0 bridgehead atoms. The van der Waals surface area contributed by atoms with E-state index in [4.69, 9.17) is 4.52 Å². The zero-order valence-corrected chi connectivity index (χ0v) is 13.8. The third kappa shape index (κ3) is 4.52. The number of nitrogens with one attached hydrogen (secondary N) is 2. The maximum Gasteiger partial charge on any atom is 0.229 e. The summed E-state index contributed by atoms with van der Waals surface area (Å²) < 4.78 is 30.2. The fourth-order valence-electron chi connectivity index (χ4n) is 2.66. The fourth-order valence-corrected chi connectivity index (χ4v) is 3.23. The highest BCUT2D eigenvalue weighted by Gasteiger charge is 2.21. The average Bonchev–Trinajstić information content (AvgIpc) is 2.97. The van der Waals surface area contributed by atoms with Crippen molar-refractivity contribution in [2.75, 3.05) is 24.1 Å². The molecule has 3 rings (SSSR count). The minimum absolute atomic E-state index is 0.346. The Morgan fingerprint density at radius 3 is 2.61 bits per heavy atom. The number of hydrogen-bond donors (Lipinski definition) is 2. The normalized spacial score (nSPS) is 16.4. The van der Waals surface area contributed by atoms with Gasteiger partial charge in [0.2, 0.25) is 15.9 Å². The lowest BCUT2D eigenvalue weighted by Gasteiger charge is -2.18. The minimum Gasteiger partial charge on any atom is -0.339 e. The van der Waals surface area contributed by atoms with E-state index in [1.807, 2.05) is 12.1 Å². The highest BCUT2D eigenvalue weighted by Crippen LogP contribution is 2.24. The lowest BCUT2D eigenvalue weighted by molar-refractivity contribution is 0.318. The van der Waals surface area contributed by atoms with Crippen molar-refractivity contribution in [3.63, 3.8) is 0 Å². The third-order valence-electron chi connectivity index (χ3n) is 3.79. The molecule has 1 fully saturated rings. The molecule has 124 valence electrons. The van der Waals surface area contributed by atoms with Crippen LogP contribution in [0.15, 0.2) is 28.8 Å². The fraction of sp³-hybridized carbons (Fsp3) is 0.467. The Balaban J connectivity index is 1.64. The van der Waals surface area contributed by atoms with Crippen LogP contribution in [-0.2, 0) is 16.4 Å². The SMILES string of the molecule is CS(=O)(=O)Nc1ccc(Cc2noc(C3CCNCC3)n2)cc1. The number of rotatable bonds is 5. The molecule has 23 heavy (non-hydrogen) atoms. The van der Waals surface area contributed by atoms with Gasteiger partial charge >= 0.3 is 0 Å². The van der Waals surface area contributed by atoms with Gasteiger partial charge in [0.1, 0.15) is 0 Å². The van der Waals surface area contributed by atoms with Gasteiger partial charge in [0.25, 0.3) is 0 Å². The van der Waals surface area contributed by atoms with Crippen molar-refractivity contribution >= 4 is 15.7 Å². The highest BCUT2D eigenvalue weighted by atomic mass is 32.2. The van der Waals surface area contributed by atoms with Crippen molar-refractivity contribution in [3.05, 3.63) is 41.5 Å². The van der Waals surface area contributed by atoms with E-state index in [1.165, 1.54) is 0 Å². The molecule has 1 aromatic carbocycles. The molecule has 0 aliphatic carbocycles. The van der Waals surface area contributed by atoms with Crippen molar-refractivity contribution in [1.82, 2.24) is 15.5 Å². The predicted molar refractivity (Wildman–Crippen MR) is 86.9 cm³/mol. The highest BCUT2D eigenvalue weighted by molar-refractivity contribution is 7.92. The van der Waals surface area contributed by atoms with Gasteiger partial charge in [-0.05, 0) is 43.6 Å². The van der Waals surface area contributed by atoms with Gasteiger partial charge in [-0.15, -0.1) is 0 Å². The first kappa shape index (κ1) is 15.9. The van der Waals surface area contributed by atoms with Gasteiger partial charge < -0.3 is 9.84 Å². The Bertz CT molecular complexity index is 749. The van der Waals surface area contributed by atoms with Gasteiger partial charge in [-0.25, -0.2) is 8.42 Å². The van der Waals surface area contributed by atoms with Crippen LogP contribution in [0.4, 0.5) is 5.69 Å². The molecule has 0 atom stereocenters. The summed E-state index contributed by atoms with van der Waals surface area (Å²) in [6, 6.07) is 7.16. The molecule has 2 heterocycles. The second-order valence-electron chi connectivity index (χ2n) is 5.82. The lowest BCUT2D eigenvalue weighted by atomic mass is 9.98. The zero-order valence-electron chi connectivity index (χ0n) is 12.9. The van der Waals surface area contributed by atoms with Gasteiger partial charge in [-0.1, -0.05) is 17.3 Å². The van der Waals surface area contributed by atoms with E-state index in [2.05, 4.69) is 20.2 Å². The second-order valence-corrected chi connectivity index (χ2v) is 7.57. The molecule has 1 aliphatic heterocycles. The average molecular weight is 336 g/mol. The van der Waals surface area contributed by atoms with Crippen LogP contribution in [0.2, 0.25) is 0 Å². The molecule has 0 radical (unpaired) electrons. The summed E-state index contributed by atoms with van der Waals surface area (Å²) >= 11 is 0. The van der Waals surface area contributed by atoms with Crippen LogP contribution in [0.1, 0.15) is 36.0 Å². The summed E-state index contributed by atoms with van der Waals surface area (Å²) in [5.41, 5.74) is 1.54. The van der Waals surface area contributed by atoms with E-state index >= 15 is 0 Å². The topological polar surface area (TPSA) is 97.1 Å². The largest absolute Gasteiger partial charge is 0.339 e. The number of benzene rings is 1. The first-order chi connectivity index (χ1) is 11.0. The van der Waals surface area contributed by atoms with E-state index in [0.29, 0.717) is 23.9 Å². The van der Waals surface area contributed by atoms with Crippen LogP contribution in [0.25, 0.3) is 0 Å². The molecule has 8 heteroatoms. The van der Waals surface area contributed by atoms with E-state index in [-0.39, 0.29) is 0 Å². The number of aromatic nitrogens is 2. The molecular formula is C15H20N4O3S. The Morgan fingerprint density at radius 2 is 1.96 bits per heavy atom. The predicted octanol–water partition coefficient (Wildman–Crippen LogP) is 1.50. The minimum atomic E-state index is -3.25. The van der Waals surface area contributed by atoms with E-state index in [0.717, 1.165) is 43.6 Å². The van der Waals surface area contributed by atoms with Crippen molar-refractivity contribution < 1.29 is 12.9 Å². The Hall–Kier alpha value is -1.93. The number of anilines is 1. The van der Waals surface area contributed by atoms with Crippen molar-refractivity contribution in [2.45, 2.75) is 25.2 Å². The monoisotopic (exact) mass is 336 g/mol. The standard InChI is InChI=1S/C15H20N4O3S/c1-23(20,21)19-13-4-2-11(3-5-13)10-14-17-15(22-18-14)12-6-8-16-9-7-12/h2-5,12,16,19H,6-10H2,1H3. The second kappa shape index (κ2) is 6.67. The molecule has 0 spiro atoms. The molecule has 7 nitrogen and oxygen atoms in total. The van der Waals surface area contributed by atoms with Crippen molar-refractivity contribution in [3.8, 4) is 0 Å². The Kier molecular flexibility index (Phi) is 4.63. The first-order valence-corrected chi connectivity index (χ1v) is 9.49. The van der Waals surface area contributed by atoms with Crippen LogP contribution in [-0.4, -0.2) is 37.9 Å². The molecule has 2 aromatic rings. The molecule has 0 saturated carbocycles. The number of hydrogen-bond acceptors (Lipinski definition) is 6. The summed E-state index contributed by atoms with van der Waals surface area (Å²) in [5, 5.41) is 7.36. The van der Waals surface area contributed by atoms with E-state index in [9.17, 15) is 8.42 Å². The summed E-state index contributed by atoms with van der Waals surface area (Å²) in [6.07, 6.45) is 3.73. The van der Waals surface area contributed by atoms with Gasteiger partial charge in [0.15, 0.2) is 5.82 Å². The third-order valence-corrected chi connectivity index (χ3v) is 4.40. The Morgan fingerprint density at radius 1 is 1.26 bits per heavy atom. The molecule has 0 unspecified atom stereocenters. The zero-order chi connectivity index (χ0) is 16.3. The maximum absolute atomic E-state index is 11.2. The molecule has 1 aliphatic rings. The van der Waals surface area contributed by atoms with Crippen LogP contribution in [0, 0.1) is 0 Å². The van der Waals surface area contributed by atoms with E-state index < -0.39 is 10.0 Å². The summed E-state index contributed by atoms with van der Waals surface area (Å²) in [7, 11) is -3.25. The van der Waals surface area contributed by atoms with Crippen molar-refractivity contribution in [1.29, 1.82) is 0 Å². The van der Waals surface area contributed by atoms with E-state index in [1.54, 1.807) is 12.1 Å². The Labute approximate surface area is 135 Å². The maximum atomic E-state index is 11.2. The number of nitrogens with zero attached hydrogens (tertiary/aromatic N) is 2. The number of sulfonamides is 1. The van der Waals surface area contributed by atoms with Crippen LogP contribution >= 0.6 is 0 Å². The van der Waals surface area contributed by atoms with Crippen LogP contribution in [0.5, 0.6) is 0 Å².